The molecule has 144 valence electrons. The summed E-state index contributed by atoms with van der Waals surface area (Å²) in [5, 5.41) is 12.7. The molecule has 2 aromatic carbocycles. The number of carbonyl (C=O) groups excluding carboxylic acids is 1. The van der Waals surface area contributed by atoms with Gasteiger partial charge in [-0.05, 0) is 54.5 Å². The first-order valence-corrected chi connectivity index (χ1v) is 9.17. The summed E-state index contributed by atoms with van der Waals surface area (Å²) in [5.74, 6) is -0.893. The van der Waals surface area contributed by atoms with E-state index < -0.39 is 5.91 Å². The maximum absolute atomic E-state index is 13.4. The molecule has 0 aliphatic carbocycles. The summed E-state index contributed by atoms with van der Waals surface area (Å²) in [7, 11) is 0. The van der Waals surface area contributed by atoms with Gasteiger partial charge in [-0.15, -0.1) is 0 Å². The van der Waals surface area contributed by atoms with Gasteiger partial charge in [-0.1, -0.05) is 17.7 Å². The average Bonchev–Trinajstić information content (AvgIpc) is 2.69. The summed E-state index contributed by atoms with van der Waals surface area (Å²) >= 11 is 6.11. The molecule has 1 N–H and O–H groups in total. The number of halogens is 2. The van der Waals surface area contributed by atoms with E-state index in [1.165, 1.54) is 18.2 Å². The van der Waals surface area contributed by atoms with Crippen molar-refractivity contribution in [2.24, 2.45) is 0 Å². The van der Waals surface area contributed by atoms with E-state index in [2.05, 4.69) is 10.2 Å². The minimum Gasteiger partial charge on any atom is -0.378 e. The highest BCUT2D eigenvalue weighted by atomic mass is 35.5. The van der Waals surface area contributed by atoms with Gasteiger partial charge in [-0.25, -0.2) is 4.39 Å². The maximum atomic E-state index is 13.4. The first kappa shape index (κ1) is 19.9. The van der Waals surface area contributed by atoms with Crippen LogP contribution in [0.3, 0.4) is 0 Å². The molecule has 0 bridgehead atoms. The molecule has 0 radical (unpaired) electrons. The highest BCUT2D eigenvalue weighted by molar-refractivity contribution is 6.31. The number of carbonyl (C=O) groups is 1. The van der Waals surface area contributed by atoms with Gasteiger partial charge in [0.1, 0.15) is 17.5 Å². The summed E-state index contributed by atoms with van der Waals surface area (Å²) in [6, 6.07) is 11.6. The second kappa shape index (κ2) is 8.87. The third-order valence-corrected chi connectivity index (χ3v) is 4.65. The van der Waals surface area contributed by atoms with E-state index in [1.807, 2.05) is 12.1 Å². The van der Waals surface area contributed by atoms with Crippen LogP contribution in [0.4, 0.5) is 15.8 Å². The number of morpholine rings is 1. The standard InChI is InChI=1S/C21H19ClFN3O2/c1-14-10-15(2-4-18(14)23)11-16(13-24)21(27)25-19-12-17(22)3-5-20(19)26-6-8-28-9-7-26/h2-5,10-12H,6-9H2,1H3,(H,25,27)/b16-11-. The van der Waals surface area contributed by atoms with Crippen LogP contribution in [0.15, 0.2) is 42.0 Å². The van der Waals surface area contributed by atoms with Crippen LogP contribution in [0.2, 0.25) is 5.02 Å². The lowest BCUT2D eigenvalue weighted by Gasteiger charge is -2.30. The van der Waals surface area contributed by atoms with Gasteiger partial charge < -0.3 is 15.0 Å². The number of hydrogen-bond acceptors (Lipinski definition) is 4. The molecule has 0 aromatic heterocycles. The number of nitrogens with zero attached hydrogens (tertiary/aromatic N) is 2. The molecule has 0 unspecified atom stereocenters. The predicted molar refractivity (Wildman–Crippen MR) is 108 cm³/mol. The Balaban J connectivity index is 1.86. The normalized spacial score (nSPS) is 14.5. The third-order valence-electron chi connectivity index (χ3n) is 4.42. The van der Waals surface area contributed by atoms with E-state index in [0.29, 0.717) is 48.1 Å². The zero-order valence-electron chi connectivity index (χ0n) is 15.3. The molecule has 1 aliphatic rings. The van der Waals surface area contributed by atoms with Gasteiger partial charge in [0.05, 0.1) is 24.6 Å². The van der Waals surface area contributed by atoms with Gasteiger partial charge >= 0.3 is 0 Å². The monoisotopic (exact) mass is 399 g/mol. The number of ether oxygens (including phenoxy) is 1. The topological polar surface area (TPSA) is 65.4 Å². The van der Waals surface area contributed by atoms with Crippen molar-refractivity contribution in [1.29, 1.82) is 5.26 Å². The second-order valence-electron chi connectivity index (χ2n) is 6.39. The molecule has 0 atom stereocenters. The first-order valence-electron chi connectivity index (χ1n) is 8.79. The lowest BCUT2D eigenvalue weighted by atomic mass is 10.1. The lowest BCUT2D eigenvalue weighted by Crippen LogP contribution is -2.36. The Morgan fingerprint density at radius 1 is 1.29 bits per heavy atom. The van der Waals surface area contributed by atoms with E-state index >= 15 is 0 Å². The molecule has 1 heterocycles. The van der Waals surface area contributed by atoms with Crippen LogP contribution in [-0.2, 0) is 9.53 Å². The Morgan fingerprint density at radius 3 is 2.71 bits per heavy atom. The molecule has 1 amide bonds. The molecular weight excluding hydrogens is 381 g/mol. The SMILES string of the molecule is Cc1cc(/C=C(/C#N)C(=O)Nc2cc(Cl)ccc2N2CCOCC2)ccc1F. The molecule has 1 saturated heterocycles. The Labute approximate surface area is 168 Å². The van der Waals surface area contributed by atoms with Crippen molar-refractivity contribution in [3.63, 3.8) is 0 Å². The predicted octanol–water partition coefficient (Wildman–Crippen LogP) is 4.17. The Bertz CT molecular complexity index is 963. The highest BCUT2D eigenvalue weighted by Gasteiger charge is 2.18. The number of anilines is 2. The quantitative estimate of drug-likeness (QED) is 0.619. The van der Waals surface area contributed by atoms with E-state index in [0.717, 1.165) is 5.69 Å². The largest absolute Gasteiger partial charge is 0.378 e. The van der Waals surface area contributed by atoms with Gasteiger partial charge in [-0.2, -0.15) is 5.26 Å². The lowest BCUT2D eigenvalue weighted by molar-refractivity contribution is -0.112. The second-order valence-corrected chi connectivity index (χ2v) is 6.83. The summed E-state index contributed by atoms with van der Waals surface area (Å²) < 4.78 is 18.8. The number of nitrogens with one attached hydrogen (secondary N) is 1. The summed E-state index contributed by atoms with van der Waals surface area (Å²) in [6.45, 7) is 4.21. The number of rotatable bonds is 4. The van der Waals surface area contributed by atoms with Gasteiger partial charge in [0, 0.05) is 18.1 Å². The van der Waals surface area contributed by atoms with Crippen molar-refractivity contribution in [3.8, 4) is 6.07 Å². The van der Waals surface area contributed by atoms with Gasteiger partial charge in [-0.3, -0.25) is 4.79 Å². The minimum atomic E-state index is -0.554. The third kappa shape index (κ3) is 4.69. The zero-order chi connectivity index (χ0) is 20.1. The van der Waals surface area contributed by atoms with Crippen molar-refractivity contribution < 1.29 is 13.9 Å². The van der Waals surface area contributed by atoms with Crippen molar-refractivity contribution in [2.45, 2.75) is 6.92 Å². The minimum absolute atomic E-state index is 0.0843. The van der Waals surface area contributed by atoms with Crippen molar-refractivity contribution in [1.82, 2.24) is 0 Å². The van der Waals surface area contributed by atoms with Crippen LogP contribution in [-0.4, -0.2) is 32.2 Å². The molecular formula is C21H19ClFN3O2. The van der Waals surface area contributed by atoms with Crippen LogP contribution >= 0.6 is 11.6 Å². The molecule has 28 heavy (non-hydrogen) atoms. The maximum Gasteiger partial charge on any atom is 0.266 e. The van der Waals surface area contributed by atoms with E-state index in [9.17, 15) is 14.4 Å². The van der Waals surface area contributed by atoms with Crippen LogP contribution in [0, 0.1) is 24.1 Å². The van der Waals surface area contributed by atoms with Gasteiger partial charge in [0.15, 0.2) is 0 Å². The molecule has 2 aromatic rings. The zero-order valence-corrected chi connectivity index (χ0v) is 16.1. The molecule has 3 rings (SSSR count). The fourth-order valence-electron chi connectivity index (χ4n) is 2.95. The van der Waals surface area contributed by atoms with Crippen LogP contribution in [0.25, 0.3) is 6.08 Å². The van der Waals surface area contributed by atoms with E-state index in [-0.39, 0.29) is 11.4 Å². The molecule has 1 fully saturated rings. The first-order chi connectivity index (χ1) is 13.5. The van der Waals surface area contributed by atoms with Crippen LogP contribution in [0.5, 0.6) is 0 Å². The summed E-state index contributed by atoms with van der Waals surface area (Å²) in [4.78, 5) is 14.8. The van der Waals surface area contributed by atoms with E-state index in [4.69, 9.17) is 16.3 Å². The van der Waals surface area contributed by atoms with Crippen molar-refractivity contribution in [2.75, 3.05) is 36.5 Å². The molecule has 0 spiro atoms. The van der Waals surface area contributed by atoms with Gasteiger partial charge in [0.2, 0.25) is 0 Å². The fraction of sp³-hybridized carbons (Fsp3) is 0.238. The summed E-state index contributed by atoms with van der Waals surface area (Å²) in [6.07, 6.45) is 1.43. The van der Waals surface area contributed by atoms with Crippen molar-refractivity contribution >= 4 is 35.0 Å². The Morgan fingerprint density at radius 2 is 2.04 bits per heavy atom. The number of hydrogen-bond donors (Lipinski definition) is 1. The molecule has 1 aliphatic heterocycles. The summed E-state index contributed by atoms with van der Waals surface area (Å²) in [5.41, 5.74) is 2.27. The molecule has 5 nitrogen and oxygen atoms in total. The van der Waals surface area contributed by atoms with Crippen LogP contribution in [0.1, 0.15) is 11.1 Å². The number of benzene rings is 2. The Kier molecular flexibility index (Phi) is 6.30. The fourth-order valence-corrected chi connectivity index (χ4v) is 3.12. The average molecular weight is 400 g/mol. The number of nitriles is 1. The highest BCUT2D eigenvalue weighted by Crippen LogP contribution is 2.30. The Hall–Kier alpha value is -2.88. The number of amides is 1. The number of aryl methyl sites for hydroxylation is 1. The van der Waals surface area contributed by atoms with E-state index in [1.54, 1.807) is 25.1 Å². The van der Waals surface area contributed by atoms with Crippen molar-refractivity contribution in [3.05, 3.63) is 63.9 Å². The smallest absolute Gasteiger partial charge is 0.266 e. The van der Waals surface area contributed by atoms with Gasteiger partial charge in [0.25, 0.3) is 5.91 Å². The molecule has 0 saturated carbocycles. The van der Waals surface area contributed by atoms with Crippen LogP contribution < -0.4 is 10.2 Å². The molecule has 7 heteroatoms.